The summed E-state index contributed by atoms with van der Waals surface area (Å²) in [6.07, 6.45) is 2.94. The van der Waals surface area contributed by atoms with Crippen molar-refractivity contribution in [2.24, 2.45) is 0 Å². The molecule has 0 radical (unpaired) electrons. The average molecular weight is 262 g/mol. The van der Waals surface area contributed by atoms with Crippen molar-refractivity contribution in [3.63, 3.8) is 0 Å². The van der Waals surface area contributed by atoms with Gasteiger partial charge in [0.15, 0.2) is 5.78 Å². The Balaban J connectivity index is 3.19. The molecule has 0 aromatic heterocycles. The zero-order valence-electron chi connectivity index (χ0n) is 10.9. The first kappa shape index (κ1) is 14.6. The van der Waals surface area contributed by atoms with Crippen molar-refractivity contribution in [2.75, 3.05) is 0 Å². The fourth-order valence-electron chi connectivity index (χ4n) is 1.42. The summed E-state index contributed by atoms with van der Waals surface area (Å²) in [5.41, 5.74) is 0.226. The van der Waals surface area contributed by atoms with E-state index >= 15 is 0 Å². The zero-order valence-corrected chi connectivity index (χ0v) is 10.9. The van der Waals surface area contributed by atoms with Gasteiger partial charge < -0.3 is 9.47 Å². The number of rotatable bonds is 4. The van der Waals surface area contributed by atoms with Gasteiger partial charge >= 0.3 is 11.9 Å². The summed E-state index contributed by atoms with van der Waals surface area (Å²) in [5, 5.41) is 0. The molecule has 0 bridgehead atoms. The van der Waals surface area contributed by atoms with Crippen LogP contribution in [0.3, 0.4) is 0 Å². The third-order valence-corrected chi connectivity index (χ3v) is 2.05. The fraction of sp³-hybridized carbons (Fsp3) is 0.214. The van der Waals surface area contributed by atoms with Crippen LogP contribution in [-0.2, 0) is 9.59 Å². The number of ether oxygens (including phenoxy) is 2. The molecular weight excluding hydrogens is 248 g/mol. The molecule has 0 atom stereocenters. The molecule has 5 heteroatoms. The predicted molar refractivity (Wildman–Crippen MR) is 68.2 cm³/mol. The molecule has 0 aliphatic heterocycles. The lowest BCUT2D eigenvalue weighted by Gasteiger charge is -2.09. The second-order valence-corrected chi connectivity index (χ2v) is 3.71. The molecule has 0 N–H and O–H groups in total. The van der Waals surface area contributed by atoms with Crippen LogP contribution in [0.1, 0.15) is 31.1 Å². The van der Waals surface area contributed by atoms with Crippen LogP contribution in [-0.4, -0.2) is 17.7 Å². The number of carbonyl (C=O) groups is 3. The van der Waals surface area contributed by atoms with Gasteiger partial charge in [-0.05, 0) is 25.1 Å². The highest BCUT2D eigenvalue weighted by atomic mass is 16.5. The molecule has 0 aliphatic carbocycles. The van der Waals surface area contributed by atoms with E-state index in [0.29, 0.717) is 0 Å². The summed E-state index contributed by atoms with van der Waals surface area (Å²) in [6.45, 7) is 4.18. The van der Waals surface area contributed by atoms with E-state index in [1.807, 2.05) is 0 Å². The first-order chi connectivity index (χ1) is 8.93. The molecule has 1 aromatic rings. The Bertz CT molecular complexity index is 543. The van der Waals surface area contributed by atoms with Gasteiger partial charge in [0.1, 0.15) is 11.5 Å². The number of ketones is 1. The second-order valence-electron chi connectivity index (χ2n) is 3.71. The number of hydrogen-bond donors (Lipinski definition) is 0. The van der Waals surface area contributed by atoms with Gasteiger partial charge in [0.05, 0.1) is 5.56 Å². The molecule has 0 spiro atoms. The molecule has 100 valence electrons. The number of esters is 2. The van der Waals surface area contributed by atoms with Crippen LogP contribution in [0.5, 0.6) is 11.5 Å². The van der Waals surface area contributed by atoms with Crippen LogP contribution in [0.25, 0.3) is 0 Å². The predicted octanol–water partition coefficient (Wildman–Crippen LogP) is 2.30. The van der Waals surface area contributed by atoms with Crippen LogP contribution in [0.2, 0.25) is 0 Å². The molecule has 1 rings (SSSR count). The summed E-state index contributed by atoms with van der Waals surface area (Å²) in [7, 11) is 0. The lowest BCUT2D eigenvalue weighted by atomic mass is 10.1. The quantitative estimate of drug-likeness (QED) is 0.360. The lowest BCUT2D eigenvalue weighted by Crippen LogP contribution is -2.08. The van der Waals surface area contributed by atoms with E-state index in [1.54, 1.807) is 13.0 Å². The van der Waals surface area contributed by atoms with E-state index in [1.165, 1.54) is 38.1 Å². The highest BCUT2D eigenvalue weighted by molar-refractivity contribution is 6.07. The van der Waals surface area contributed by atoms with Crippen LogP contribution < -0.4 is 9.47 Å². The van der Waals surface area contributed by atoms with Gasteiger partial charge in [0, 0.05) is 19.9 Å². The van der Waals surface area contributed by atoms with Crippen molar-refractivity contribution in [3.05, 3.63) is 35.9 Å². The Morgan fingerprint density at radius 1 is 1.05 bits per heavy atom. The molecule has 19 heavy (non-hydrogen) atoms. The molecule has 5 nitrogen and oxygen atoms in total. The molecular formula is C14H14O5. The van der Waals surface area contributed by atoms with E-state index in [0.717, 1.165) is 0 Å². The van der Waals surface area contributed by atoms with Crippen LogP contribution in [0, 0.1) is 0 Å². The van der Waals surface area contributed by atoms with Crippen molar-refractivity contribution in [1.82, 2.24) is 0 Å². The van der Waals surface area contributed by atoms with E-state index in [9.17, 15) is 14.4 Å². The summed E-state index contributed by atoms with van der Waals surface area (Å²) < 4.78 is 9.82. The van der Waals surface area contributed by atoms with Crippen LogP contribution >= 0.6 is 0 Å². The van der Waals surface area contributed by atoms with Gasteiger partial charge in [-0.15, -0.1) is 0 Å². The summed E-state index contributed by atoms with van der Waals surface area (Å²) >= 11 is 0. The Labute approximate surface area is 110 Å². The van der Waals surface area contributed by atoms with Gasteiger partial charge in [0.25, 0.3) is 0 Å². The number of carbonyl (C=O) groups excluding carboxylic acids is 3. The number of allylic oxidation sites excluding steroid dienone is 2. The Hall–Kier alpha value is -2.43. The summed E-state index contributed by atoms with van der Waals surface area (Å²) in [6, 6.07) is 4.24. The zero-order chi connectivity index (χ0) is 14.4. The maximum Gasteiger partial charge on any atom is 0.308 e. The van der Waals surface area contributed by atoms with E-state index < -0.39 is 11.9 Å². The lowest BCUT2D eigenvalue weighted by molar-refractivity contribution is -0.132. The van der Waals surface area contributed by atoms with Gasteiger partial charge in [-0.1, -0.05) is 6.08 Å². The van der Waals surface area contributed by atoms with Crippen LogP contribution in [0.15, 0.2) is 30.4 Å². The minimum absolute atomic E-state index is 0.0642. The number of benzene rings is 1. The monoisotopic (exact) mass is 262 g/mol. The third kappa shape index (κ3) is 4.39. The molecule has 0 aliphatic rings. The van der Waals surface area contributed by atoms with Crippen LogP contribution in [0.4, 0.5) is 0 Å². The van der Waals surface area contributed by atoms with Gasteiger partial charge in [-0.2, -0.15) is 0 Å². The first-order valence-electron chi connectivity index (χ1n) is 5.62. The molecule has 0 unspecified atom stereocenters. The van der Waals surface area contributed by atoms with Crippen molar-refractivity contribution < 1.29 is 23.9 Å². The third-order valence-electron chi connectivity index (χ3n) is 2.05. The standard InChI is InChI=1S/C14H14O5/c1-4-5-13(17)12-7-6-11(18-9(2)15)8-14(12)19-10(3)16/h4-8H,1-3H3/b5-4+. The van der Waals surface area contributed by atoms with Crippen molar-refractivity contribution in [2.45, 2.75) is 20.8 Å². The van der Waals surface area contributed by atoms with E-state index in [4.69, 9.17) is 9.47 Å². The van der Waals surface area contributed by atoms with Gasteiger partial charge in [-0.3, -0.25) is 14.4 Å². The first-order valence-corrected chi connectivity index (χ1v) is 5.62. The molecule has 0 heterocycles. The topological polar surface area (TPSA) is 69.7 Å². The highest BCUT2D eigenvalue weighted by Crippen LogP contribution is 2.26. The minimum atomic E-state index is -0.561. The van der Waals surface area contributed by atoms with E-state index in [-0.39, 0.29) is 22.8 Å². The van der Waals surface area contributed by atoms with Crippen molar-refractivity contribution in [1.29, 1.82) is 0 Å². The Morgan fingerprint density at radius 3 is 2.21 bits per heavy atom. The molecule has 0 amide bonds. The smallest absolute Gasteiger partial charge is 0.308 e. The Morgan fingerprint density at radius 2 is 1.68 bits per heavy atom. The summed E-state index contributed by atoms with van der Waals surface area (Å²) in [5.74, 6) is -1.08. The maximum atomic E-state index is 11.8. The minimum Gasteiger partial charge on any atom is -0.427 e. The number of hydrogen-bond acceptors (Lipinski definition) is 5. The van der Waals surface area contributed by atoms with E-state index in [2.05, 4.69) is 0 Å². The van der Waals surface area contributed by atoms with Crippen molar-refractivity contribution in [3.8, 4) is 11.5 Å². The second kappa shape index (κ2) is 6.49. The summed E-state index contributed by atoms with van der Waals surface area (Å²) in [4.78, 5) is 33.7. The van der Waals surface area contributed by atoms with Gasteiger partial charge in [-0.25, -0.2) is 0 Å². The molecule has 0 fully saturated rings. The normalized spacial score (nSPS) is 10.3. The van der Waals surface area contributed by atoms with Crippen molar-refractivity contribution >= 4 is 17.7 Å². The highest BCUT2D eigenvalue weighted by Gasteiger charge is 2.14. The molecule has 0 saturated heterocycles. The average Bonchev–Trinajstić information content (AvgIpc) is 2.27. The molecule has 1 aromatic carbocycles. The van der Waals surface area contributed by atoms with Gasteiger partial charge in [0.2, 0.25) is 0 Å². The largest absolute Gasteiger partial charge is 0.427 e. The maximum absolute atomic E-state index is 11.8. The molecule has 0 saturated carbocycles. The fourth-order valence-corrected chi connectivity index (χ4v) is 1.42. The Kier molecular flexibility index (Phi) is 5.00. The SMILES string of the molecule is C/C=C/C(=O)c1ccc(OC(C)=O)cc1OC(C)=O.